The smallest absolute Gasteiger partial charge is 0.240 e. The molecule has 0 radical (unpaired) electrons. The maximum Gasteiger partial charge on any atom is 0.240 e. The molecule has 0 saturated carbocycles. The number of hydrogen-bond acceptors (Lipinski definition) is 5. The molecule has 0 aliphatic carbocycles. The van der Waals surface area contributed by atoms with Crippen LogP contribution in [0.5, 0.6) is 0 Å². The van der Waals surface area contributed by atoms with Gasteiger partial charge in [0.05, 0.1) is 12.6 Å². The number of nitrogens with one attached hydrogen (secondary N) is 3. The van der Waals surface area contributed by atoms with Gasteiger partial charge in [-0.2, -0.15) is 0 Å². The van der Waals surface area contributed by atoms with Gasteiger partial charge in [-0.15, -0.1) is 11.3 Å². The minimum atomic E-state index is 0.165. The third-order valence-electron chi connectivity index (χ3n) is 5.04. The Hall–Kier alpha value is -1.73. The molecule has 4 rings (SSSR count). The Bertz CT molecular complexity index is 718. The molecule has 0 bridgehead atoms. The van der Waals surface area contributed by atoms with E-state index in [1.54, 1.807) is 11.3 Å². The van der Waals surface area contributed by atoms with Gasteiger partial charge in [-0.1, -0.05) is 24.3 Å². The van der Waals surface area contributed by atoms with Crippen LogP contribution in [0.25, 0.3) is 0 Å². The van der Waals surface area contributed by atoms with Crippen molar-refractivity contribution in [3.05, 3.63) is 52.2 Å². The van der Waals surface area contributed by atoms with Crippen LogP contribution in [0.1, 0.15) is 22.9 Å². The van der Waals surface area contributed by atoms with Gasteiger partial charge in [-0.3, -0.25) is 10.2 Å². The fraction of sp³-hybridized carbons (Fsp3) is 0.421. The van der Waals surface area contributed by atoms with E-state index in [-0.39, 0.29) is 5.91 Å². The molecule has 25 heavy (non-hydrogen) atoms. The summed E-state index contributed by atoms with van der Waals surface area (Å²) in [4.78, 5) is 16.0. The standard InChI is InChI=1S/C19H24N4OS/c24-18(23-9-3-6-14-5-1-2-7-16(14)23)13-20-11-15-12-21-22-19(15)17-8-4-10-25-17/h1-2,4-5,7-8,10,15,19-22H,3,6,9,11-13H2. The second-order valence-corrected chi connectivity index (χ2v) is 7.67. The van der Waals surface area contributed by atoms with Gasteiger partial charge in [0.25, 0.3) is 0 Å². The monoisotopic (exact) mass is 356 g/mol. The number of para-hydroxylation sites is 1. The predicted molar refractivity (Wildman–Crippen MR) is 102 cm³/mol. The van der Waals surface area contributed by atoms with Crippen molar-refractivity contribution in [3.63, 3.8) is 0 Å². The number of hydrazine groups is 1. The number of amides is 1. The van der Waals surface area contributed by atoms with E-state index in [0.29, 0.717) is 18.5 Å². The van der Waals surface area contributed by atoms with E-state index in [1.165, 1.54) is 10.4 Å². The van der Waals surface area contributed by atoms with E-state index in [4.69, 9.17) is 0 Å². The van der Waals surface area contributed by atoms with Crippen LogP contribution >= 0.6 is 11.3 Å². The molecule has 2 aliphatic heterocycles. The maximum atomic E-state index is 12.7. The van der Waals surface area contributed by atoms with Crippen LogP contribution in [-0.4, -0.2) is 32.1 Å². The fourth-order valence-electron chi connectivity index (χ4n) is 3.75. The summed E-state index contributed by atoms with van der Waals surface area (Å²) in [6.07, 6.45) is 2.11. The summed E-state index contributed by atoms with van der Waals surface area (Å²) < 4.78 is 0. The van der Waals surface area contributed by atoms with E-state index in [2.05, 4.69) is 51.9 Å². The number of carbonyl (C=O) groups excluding carboxylic acids is 1. The second kappa shape index (κ2) is 7.66. The molecule has 5 nitrogen and oxygen atoms in total. The fourth-order valence-corrected chi connectivity index (χ4v) is 4.62. The van der Waals surface area contributed by atoms with Crippen LogP contribution in [0.15, 0.2) is 41.8 Å². The molecule has 1 amide bonds. The average Bonchev–Trinajstić information content (AvgIpc) is 3.32. The summed E-state index contributed by atoms with van der Waals surface area (Å²) in [5.41, 5.74) is 8.96. The maximum absolute atomic E-state index is 12.7. The Labute approximate surface area is 152 Å². The van der Waals surface area contributed by atoms with Gasteiger partial charge < -0.3 is 10.2 Å². The summed E-state index contributed by atoms with van der Waals surface area (Å²) >= 11 is 1.77. The zero-order valence-electron chi connectivity index (χ0n) is 14.2. The Morgan fingerprint density at radius 2 is 2.20 bits per heavy atom. The largest absolute Gasteiger partial charge is 0.311 e. The molecule has 1 aromatic carbocycles. The van der Waals surface area contributed by atoms with Gasteiger partial charge in [0.2, 0.25) is 5.91 Å². The van der Waals surface area contributed by atoms with Gasteiger partial charge in [0.15, 0.2) is 0 Å². The first kappa shape index (κ1) is 16.7. The summed E-state index contributed by atoms with van der Waals surface area (Å²) in [6.45, 7) is 2.95. The predicted octanol–water partition coefficient (Wildman–Crippen LogP) is 2.08. The van der Waals surface area contributed by atoms with Crippen LogP contribution in [-0.2, 0) is 11.2 Å². The number of benzene rings is 1. The van der Waals surface area contributed by atoms with Crippen molar-refractivity contribution in [1.82, 2.24) is 16.2 Å². The van der Waals surface area contributed by atoms with Gasteiger partial charge in [-0.05, 0) is 35.9 Å². The highest BCUT2D eigenvalue weighted by atomic mass is 32.1. The highest BCUT2D eigenvalue weighted by Gasteiger charge is 2.29. The molecule has 0 spiro atoms. The SMILES string of the molecule is O=C(CNCC1CNNC1c1cccs1)N1CCCc2ccccc21. The van der Waals surface area contributed by atoms with Gasteiger partial charge in [-0.25, -0.2) is 5.43 Å². The van der Waals surface area contributed by atoms with Crippen LogP contribution in [0, 0.1) is 5.92 Å². The topological polar surface area (TPSA) is 56.4 Å². The van der Waals surface area contributed by atoms with Crippen LogP contribution in [0.4, 0.5) is 5.69 Å². The Morgan fingerprint density at radius 1 is 1.28 bits per heavy atom. The Balaban J connectivity index is 1.32. The zero-order valence-corrected chi connectivity index (χ0v) is 15.0. The molecular formula is C19H24N4OS. The molecule has 6 heteroatoms. The molecule has 2 aliphatic rings. The quantitative estimate of drug-likeness (QED) is 0.768. The zero-order chi connectivity index (χ0) is 17.1. The number of nitrogens with zero attached hydrogens (tertiary/aromatic N) is 1. The minimum absolute atomic E-state index is 0.165. The van der Waals surface area contributed by atoms with Crippen molar-refractivity contribution in [2.24, 2.45) is 5.92 Å². The summed E-state index contributed by atoms with van der Waals surface area (Å²) in [5, 5.41) is 5.49. The van der Waals surface area contributed by atoms with Gasteiger partial charge in [0, 0.05) is 36.1 Å². The van der Waals surface area contributed by atoms with Crippen LogP contribution in [0.3, 0.4) is 0 Å². The molecule has 132 valence electrons. The minimum Gasteiger partial charge on any atom is -0.311 e. The van der Waals surface area contributed by atoms with Gasteiger partial charge >= 0.3 is 0 Å². The lowest BCUT2D eigenvalue weighted by Crippen LogP contribution is -2.42. The molecule has 1 saturated heterocycles. The number of rotatable bonds is 5. The van der Waals surface area contributed by atoms with Crippen LogP contribution in [0.2, 0.25) is 0 Å². The molecule has 2 atom stereocenters. The molecule has 2 aromatic rings. The summed E-state index contributed by atoms with van der Waals surface area (Å²) in [7, 11) is 0. The lowest BCUT2D eigenvalue weighted by molar-refractivity contribution is -0.117. The first-order chi connectivity index (χ1) is 12.3. The number of carbonyl (C=O) groups is 1. The van der Waals surface area contributed by atoms with E-state index in [9.17, 15) is 4.79 Å². The number of aryl methyl sites for hydroxylation is 1. The molecule has 2 unspecified atom stereocenters. The second-order valence-electron chi connectivity index (χ2n) is 6.69. The normalized spacial score (nSPS) is 22.8. The van der Waals surface area contributed by atoms with Gasteiger partial charge in [0.1, 0.15) is 0 Å². The van der Waals surface area contributed by atoms with Crippen molar-refractivity contribution < 1.29 is 4.79 Å². The molecule has 3 N–H and O–H groups in total. The first-order valence-corrected chi connectivity index (χ1v) is 9.81. The summed E-state index contributed by atoms with van der Waals surface area (Å²) in [5.74, 6) is 0.610. The third kappa shape index (κ3) is 3.62. The van der Waals surface area contributed by atoms with Crippen molar-refractivity contribution in [2.45, 2.75) is 18.9 Å². The molecule has 1 fully saturated rings. The van der Waals surface area contributed by atoms with E-state index in [0.717, 1.165) is 38.2 Å². The van der Waals surface area contributed by atoms with Crippen molar-refractivity contribution >= 4 is 22.9 Å². The van der Waals surface area contributed by atoms with Crippen LogP contribution < -0.4 is 21.1 Å². The molecule has 1 aromatic heterocycles. The first-order valence-electron chi connectivity index (χ1n) is 8.94. The number of anilines is 1. The number of hydrogen-bond donors (Lipinski definition) is 3. The number of fused-ring (bicyclic) bond motifs is 1. The lowest BCUT2D eigenvalue weighted by Gasteiger charge is -2.29. The summed E-state index contributed by atoms with van der Waals surface area (Å²) in [6, 6.07) is 12.8. The van der Waals surface area contributed by atoms with Crippen molar-refractivity contribution in [1.29, 1.82) is 0 Å². The van der Waals surface area contributed by atoms with Crippen molar-refractivity contribution in [3.8, 4) is 0 Å². The molecule has 3 heterocycles. The van der Waals surface area contributed by atoms with Crippen molar-refractivity contribution in [2.75, 3.05) is 31.1 Å². The third-order valence-corrected chi connectivity index (χ3v) is 5.99. The highest BCUT2D eigenvalue weighted by Crippen LogP contribution is 2.28. The number of thiophene rings is 1. The molecular weight excluding hydrogens is 332 g/mol. The Kier molecular flexibility index (Phi) is 5.12. The van der Waals surface area contributed by atoms with E-state index >= 15 is 0 Å². The van der Waals surface area contributed by atoms with E-state index in [1.807, 2.05) is 11.0 Å². The van der Waals surface area contributed by atoms with E-state index < -0.39 is 0 Å². The Morgan fingerprint density at radius 3 is 3.08 bits per heavy atom. The average molecular weight is 356 g/mol. The highest BCUT2D eigenvalue weighted by molar-refractivity contribution is 7.10. The lowest BCUT2D eigenvalue weighted by atomic mass is 10.0.